The van der Waals surface area contributed by atoms with E-state index in [9.17, 15) is 4.79 Å². The van der Waals surface area contributed by atoms with Crippen molar-refractivity contribution in [1.29, 1.82) is 0 Å². The Bertz CT molecular complexity index is 519. The number of likely N-dealkylation sites (tertiary alicyclic amines) is 1. The van der Waals surface area contributed by atoms with Gasteiger partial charge < -0.3 is 15.4 Å². The van der Waals surface area contributed by atoms with Crippen LogP contribution in [0, 0.1) is 5.92 Å². The molecular formula is C19H31Cl2N3O2. The van der Waals surface area contributed by atoms with Crippen molar-refractivity contribution in [3.05, 3.63) is 35.9 Å². The van der Waals surface area contributed by atoms with Gasteiger partial charge in [0.05, 0.1) is 12.6 Å². The van der Waals surface area contributed by atoms with Gasteiger partial charge in [-0.2, -0.15) is 0 Å². The number of benzene rings is 1. The fraction of sp³-hybridized carbons (Fsp3) is 0.632. The van der Waals surface area contributed by atoms with Crippen LogP contribution in [0.1, 0.15) is 31.4 Å². The third-order valence-corrected chi connectivity index (χ3v) is 5.13. The van der Waals surface area contributed by atoms with Crippen molar-refractivity contribution in [3.8, 4) is 0 Å². The molecule has 0 spiro atoms. The summed E-state index contributed by atoms with van der Waals surface area (Å²) in [7, 11) is 0. The number of nitrogens with zero attached hydrogens (tertiary/aromatic N) is 1. The van der Waals surface area contributed by atoms with Gasteiger partial charge in [0.25, 0.3) is 5.91 Å². The zero-order valence-electron chi connectivity index (χ0n) is 15.4. The number of carbonyl (C=O) groups excluding carboxylic acids is 1. The number of ether oxygens (including phenoxy) is 1. The Balaban J connectivity index is 0.00000169. The van der Waals surface area contributed by atoms with Crippen molar-refractivity contribution in [2.24, 2.45) is 5.92 Å². The second kappa shape index (κ2) is 11.8. The number of amides is 1. The molecule has 1 aromatic carbocycles. The molecule has 0 radical (unpaired) electrons. The van der Waals surface area contributed by atoms with Crippen molar-refractivity contribution in [2.75, 3.05) is 39.3 Å². The van der Waals surface area contributed by atoms with Gasteiger partial charge in [0.2, 0.25) is 0 Å². The van der Waals surface area contributed by atoms with Crippen LogP contribution in [0.5, 0.6) is 0 Å². The van der Waals surface area contributed by atoms with E-state index in [1.54, 1.807) is 0 Å². The van der Waals surface area contributed by atoms with Crippen molar-refractivity contribution in [1.82, 2.24) is 15.5 Å². The molecule has 2 atom stereocenters. The van der Waals surface area contributed by atoms with E-state index in [4.69, 9.17) is 4.74 Å². The summed E-state index contributed by atoms with van der Waals surface area (Å²) in [5.41, 5.74) is 1.27. The van der Waals surface area contributed by atoms with Crippen molar-refractivity contribution < 1.29 is 9.53 Å². The predicted molar refractivity (Wildman–Crippen MR) is 109 cm³/mol. The lowest BCUT2D eigenvalue weighted by atomic mass is 9.95. The standard InChI is InChI=1S/C19H29N3O2.2ClH/c1-15-7-10-22(11-8-15)17(16-5-3-2-4-6-16)13-21-19(23)18-14-20-9-12-24-18;;/h2-6,15,17-18,20H,7-14H2,1H3,(H,21,23);2*1H. The summed E-state index contributed by atoms with van der Waals surface area (Å²) in [6, 6.07) is 10.7. The van der Waals surface area contributed by atoms with Gasteiger partial charge in [-0.05, 0) is 37.4 Å². The first kappa shape index (κ1) is 23.2. The Morgan fingerprint density at radius 1 is 1.27 bits per heavy atom. The molecule has 2 fully saturated rings. The molecular weight excluding hydrogens is 373 g/mol. The minimum atomic E-state index is -0.364. The van der Waals surface area contributed by atoms with Gasteiger partial charge in [-0.3, -0.25) is 9.69 Å². The molecule has 2 aliphatic rings. The average molecular weight is 404 g/mol. The lowest BCUT2D eigenvalue weighted by molar-refractivity contribution is -0.134. The predicted octanol–water partition coefficient (Wildman–Crippen LogP) is 2.41. The van der Waals surface area contributed by atoms with Crippen LogP contribution in [-0.2, 0) is 9.53 Å². The Hall–Kier alpha value is -0.850. The molecule has 1 amide bonds. The van der Waals surface area contributed by atoms with Crippen LogP contribution in [0.15, 0.2) is 30.3 Å². The molecule has 0 bridgehead atoms. The fourth-order valence-corrected chi connectivity index (χ4v) is 3.52. The van der Waals surface area contributed by atoms with E-state index in [2.05, 4.69) is 46.7 Å². The molecule has 2 aliphatic heterocycles. The first-order valence-corrected chi connectivity index (χ1v) is 9.13. The third-order valence-electron chi connectivity index (χ3n) is 5.13. The van der Waals surface area contributed by atoms with Gasteiger partial charge in [-0.1, -0.05) is 37.3 Å². The highest BCUT2D eigenvalue weighted by molar-refractivity contribution is 5.85. The van der Waals surface area contributed by atoms with Crippen LogP contribution in [0.4, 0.5) is 0 Å². The monoisotopic (exact) mass is 403 g/mol. The van der Waals surface area contributed by atoms with Gasteiger partial charge in [0.15, 0.2) is 0 Å². The number of hydrogen-bond donors (Lipinski definition) is 2. The summed E-state index contributed by atoms with van der Waals surface area (Å²) < 4.78 is 5.55. The molecule has 2 unspecified atom stereocenters. The lowest BCUT2D eigenvalue weighted by Crippen LogP contribution is -2.50. The Morgan fingerprint density at radius 3 is 2.58 bits per heavy atom. The zero-order valence-corrected chi connectivity index (χ0v) is 17.0. The van der Waals surface area contributed by atoms with Gasteiger partial charge in [0, 0.05) is 19.6 Å². The first-order valence-electron chi connectivity index (χ1n) is 9.13. The quantitative estimate of drug-likeness (QED) is 0.792. The van der Waals surface area contributed by atoms with Crippen LogP contribution >= 0.6 is 24.8 Å². The number of hydrogen-bond acceptors (Lipinski definition) is 4. The van der Waals surface area contributed by atoms with E-state index in [1.165, 1.54) is 18.4 Å². The summed E-state index contributed by atoms with van der Waals surface area (Å²) in [5, 5.41) is 6.32. The maximum absolute atomic E-state index is 12.4. The van der Waals surface area contributed by atoms with Crippen molar-refractivity contribution in [2.45, 2.75) is 31.9 Å². The zero-order chi connectivity index (χ0) is 16.8. The van der Waals surface area contributed by atoms with Crippen LogP contribution in [0.2, 0.25) is 0 Å². The molecule has 2 N–H and O–H groups in total. The van der Waals surface area contributed by atoms with Gasteiger partial charge >= 0.3 is 0 Å². The molecule has 3 rings (SSSR count). The molecule has 7 heteroatoms. The van der Waals surface area contributed by atoms with Crippen molar-refractivity contribution >= 4 is 30.7 Å². The number of rotatable bonds is 5. The van der Waals surface area contributed by atoms with E-state index in [0.29, 0.717) is 19.7 Å². The summed E-state index contributed by atoms with van der Waals surface area (Å²) >= 11 is 0. The lowest BCUT2D eigenvalue weighted by Gasteiger charge is -2.37. The molecule has 1 aromatic rings. The van der Waals surface area contributed by atoms with E-state index in [1.807, 2.05) is 6.07 Å². The first-order chi connectivity index (χ1) is 11.7. The van der Waals surface area contributed by atoms with E-state index < -0.39 is 0 Å². The molecule has 2 saturated heterocycles. The highest BCUT2D eigenvalue weighted by atomic mass is 35.5. The summed E-state index contributed by atoms with van der Waals surface area (Å²) in [4.78, 5) is 14.9. The maximum Gasteiger partial charge on any atom is 0.250 e. The Labute approximate surface area is 169 Å². The largest absolute Gasteiger partial charge is 0.366 e. The Kier molecular flexibility index (Phi) is 10.5. The number of piperidine rings is 1. The minimum Gasteiger partial charge on any atom is -0.366 e. The number of nitrogens with one attached hydrogen (secondary N) is 2. The maximum atomic E-state index is 12.4. The molecule has 26 heavy (non-hydrogen) atoms. The number of carbonyl (C=O) groups is 1. The summed E-state index contributed by atoms with van der Waals surface area (Å²) in [6.07, 6.45) is 2.09. The third kappa shape index (κ3) is 6.39. The van der Waals surface area contributed by atoms with Crippen molar-refractivity contribution in [3.63, 3.8) is 0 Å². The molecule has 0 aromatic heterocycles. The topological polar surface area (TPSA) is 53.6 Å². The van der Waals surface area contributed by atoms with Gasteiger partial charge in [-0.15, -0.1) is 24.8 Å². The molecule has 0 saturated carbocycles. The summed E-state index contributed by atoms with van der Waals surface area (Å²) in [5.74, 6) is 0.794. The summed E-state index contributed by atoms with van der Waals surface area (Å²) in [6.45, 7) is 7.17. The fourth-order valence-electron chi connectivity index (χ4n) is 3.52. The molecule has 2 heterocycles. The van der Waals surface area contributed by atoms with Crippen LogP contribution in [0.25, 0.3) is 0 Å². The number of halogens is 2. The van der Waals surface area contributed by atoms with Crippen LogP contribution < -0.4 is 10.6 Å². The van der Waals surface area contributed by atoms with E-state index >= 15 is 0 Å². The second-order valence-corrected chi connectivity index (χ2v) is 6.95. The van der Waals surface area contributed by atoms with E-state index in [0.717, 1.165) is 25.6 Å². The molecule has 5 nitrogen and oxygen atoms in total. The smallest absolute Gasteiger partial charge is 0.250 e. The minimum absolute atomic E-state index is 0. The Morgan fingerprint density at radius 2 is 1.96 bits per heavy atom. The van der Waals surface area contributed by atoms with E-state index in [-0.39, 0.29) is 42.9 Å². The second-order valence-electron chi connectivity index (χ2n) is 6.95. The van der Waals surface area contributed by atoms with Gasteiger partial charge in [-0.25, -0.2) is 0 Å². The SMILES string of the molecule is CC1CCN(C(CNC(=O)C2CNCCO2)c2ccccc2)CC1.Cl.Cl. The highest BCUT2D eigenvalue weighted by Gasteiger charge is 2.27. The van der Waals surface area contributed by atoms with Gasteiger partial charge in [0.1, 0.15) is 6.10 Å². The van der Waals surface area contributed by atoms with Crippen LogP contribution in [-0.4, -0.2) is 56.2 Å². The van der Waals surface area contributed by atoms with Crippen LogP contribution in [0.3, 0.4) is 0 Å². The molecule has 0 aliphatic carbocycles. The number of morpholine rings is 1. The average Bonchev–Trinajstić information content (AvgIpc) is 2.65. The normalized spacial score (nSPS) is 22.6. The molecule has 148 valence electrons. The highest BCUT2D eigenvalue weighted by Crippen LogP contribution is 2.26.